The topological polar surface area (TPSA) is 47.9 Å². The number of guanidine groups is 1. The highest BCUT2D eigenvalue weighted by Crippen LogP contribution is 2.38. The molecule has 0 bridgehead atoms. The van der Waals surface area contributed by atoms with Crippen molar-refractivity contribution in [3.05, 3.63) is 22.7 Å². The molecule has 1 amide bonds. The van der Waals surface area contributed by atoms with Crippen LogP contribution in [0.25, 0.3) is 0 Å². The Morgan fingerprint density at radius 1 is 1.44 bits per heavy atom. The minimum absolute atomic E-state index is 0.119. The van der Waals surface area contributed by atoms with Gasteiger partial charge in [-0.05, 0) is 12.1 Å². The Labute approximate surface area is 110 Å². The minimum Gasteiger partial charge on any atom is -0.376 e. The second-order valence-corrected chi connectivity index (χ2v) is 4.96. The summed E-state index contributed by atoms with van der Waals surface area (Å²) < 4.78 is 0. The maximum Gasteiger partial charge on any atom is 0.268 e. The van der Waals surface area contributed by atoms with Crippen molar-refractivity contribution >= 4 is 34.8 Å². The van der Waals surface area contributed by atoms with Gasteiger partial charge in [-0.15, -0.1) is 0 Å². The lowest BCUT2D eigenvalue weighted by atomic mass is 10.1. The van der Waals surface area contributed by atoms with Crippen molar-refractivity contribution in [3.8, 4) is 0 Å². The van der Waals surface area contributed by atoms with Crippen molar-refractivity contribution in [2.24, 2.45) is 4.99 Å². The summed E-state index contributed by atoms with van der Waals surface area (Å²) in [6.45, 7) is 0.926. The lowest BCUT2D eigenvalue weighted by Gasteiger charge is -2.32. The van der Waals surface area contributed by atoms with E-state index in [4.69, 9.17) is 11.6 Å². The summed E-state index contributed by atoms with van der Waals surface area (Å²) >= 11 is 6.24. The molecular weight excluding hydrogens is 252 g/mol. The zero-order valence-corrected chi connectivity index (χ0v) is 11.0. The highest BCUT2D eigenvalue weighted by molar-refractivity contribution is 6.33. The van der Waals surface area contributed by atoms with E-state index in [0.29, 0.717) is 24.1 Å². The van der Waals surface area contributed by atoms with Crippen molar-refractivity contribution in [1.82, 2.24) is 5.32 Å². The highest BCUT2D eigenvalue weighted by atomic mass is 35.5. The molecular formula is C12H13ClN4O. The molecule has 2 aliphatic heterocycles. The molecule has 0 aliphatic carbocycles. The third-order valence-electron chi connectivity index (χ3n) is 3.15. The summed E-state index contributed by atoms with van der Waals surface area (Å²) in [5, 5.41) is 3.87. The van der Waals surface area contributed by atoms with E-state index in [1.165, 1.54) is 0 Å². The van der Waals surface area contributed by atoms with E-state index in [1.54, 1.807) is 0 Å². The zero-order chi connectivity index (χ0) is 12.9. The van der Waals surface area contributed by atoms with E-state index in [2.05, 4.69) is 10.3 Å². The molecule has 5 nitrogen and oxygen atoms in total. The maximum atomic E-state index is 11.4. The summed E-state index contributed by atoms with van der Waals surface area (Å²) in [4.78, 5) is 19.2. The quantitative estimate of drug-likeness (QED) is 0.828. The van der Waals surface area contributed by atoms with Crippen LogP contribution in [0.3, 0.4) is 0 Å². The van der Waals surface area contributed by atoms with Gasteiger partial charge in [0.1, 0.15) is 6.54 Å². The lowest BCUT2D eigenvalue weighted by Crippen LogP contribution is -2.43. The number of anilines is 2. The van der Waals surface area contributed by atoms with Crippen LogP contribution in [-0.2, 0) is 11.3 Å². The van der Waals surface area contributed by atoms with E-state index in [-0.39, 0.29) is 5.91 Å². The van der Waals surface area contributed by atoms with Crippen LogP contribution in [0.1, 0.15) is 5.56 Å². The number of amides is 1. The van der Waals surface area contributed by atoms with Crippen molar-refractivity contribution in [1.29, 1.82) is 0 Å². The van der Waals surface area contributed by atoms with Crippen LogP contribution in [0.2, 0.25) is 5.02 Å². The molecule has 0 aromatic heterocycles. The van der Waals surface area contributed by atoms with Crippen LogP contribution in [0, 0.1) is 0 Å². The standard InChI is InChI=1S/C12H13ClN4O/c1-16(2)11-7-5-14-12-15-10(18)6-17(12)9(7)4-3-8(11)13/h3-4H,5-6H2,1-2H3,(H,14,15,18). The van der Waals surface area contributed by atoms with Gasteiger partial charge >= 0.3 is 0 Å². The molecule has 0 radical (unpaired) electrons. The van der Waals surface area contributed by atoms with Crippen LogP contribution in [0.15, 0.2) is 17.1 Å². The molecule has 0 atom stereocenters. The first-order valence-corrected chi connectivity index (χ1v) is 6.07. The molecule has 0 spiro atoms. The Hall–Kier alpha value is -1.75. The molecule has 0 saturated carbocycles. The van der Waals surface area contributed by atoms with E-state index in [0.717, 1.165) is 16.9 Å². The highest BCUT2D eigenvalue weighted by Gasteiger charge is 2.31. The van der Waals surface area contributed by atoms with Gasteiger partial charge < -0.3 is 15.1 Å². The number of hydrogen-bond donors (Lipinski definition) is 1. The number of nitrogens with one attached hydrogen (secondary N) is 1. The molecule has 2 aliphatic rings. The van der Waals surface area contributed by atoms with Crippen LogP contribution < -0.4 is 15.1 Å². The smallest absolute Gasteiger partial charge is 0.268 e. The predicted molar refractivity (Wildman–Crippen MR) is 72.4 cm³/mol. The number of rotatable bonds is 1. The number of fused-ring (bicyclic) bond motifs is 3. The molecule has 6 heteroatoms. The predicted octanol–water partition coefficient (Wildman–Crippen LogP) is 1.21. The summed E-state index contributed by atoms with van der Waals surface area (Å²) in [6.07, 6.45) is 0. The van der Waals surface area contributed by atoms with E-state index < -0.39 is 0 Å². The third-order valence-corrected chi connectivity index (χ3v) is 3.45. The average molecular weight is 265 g/mol. The van der Waals surface area contributed by atoms with Gasteiger partial charge in [-0.25, -0.2) is 0 Å². The van der Waals surface area contributed by atoms with E-state index in [9.17, 15) is 4.79 Å². The third kappa shape index (κ3) is 1.54. The van der Waals surface area contributed by atoms with Crippen LogP contribution in [0.5, 0.6) is 0 Å². The first-order chi connectivity index (χ1) is 8.58. The Morgan fingerprint density at radius 2 is 2.22 bits per heavy atom. The molecule has 94 valence electrons. The van der Waals surface area contributed by atoms with Crippen molar-refractivity contribution in [2.45, 2.75) is 6.54 Å². The summed E-state index contributed by atoms with van der Waals surface area (Å²) in [5.74, 6) is 0.520. The fraction of sp³-hybridized carbons (Fsp3) is 0.333. The monoisotopic (exact) mass is 264 g/mol. The SMILES string of the molecule is CN(C)c1c(Cl)ccc2c1CNC1=NC(=O)CN12. The maximum absolute atomic E-state index is 11.4. The van der Waals surface area contributed by atoms with E-state index >= 15 is 0 Å². The fourth-order valence-electron chi connectivity index (χ4n) is 2.43. The van der Waals surface area contributed by atoms with E-state index in [1.807, 2.05) is 36.0 Å². The summed E-state index contributed by atoms with van der Waals surface area (Å²) in [7, 11) is 3.92. The molecule has 0 fully saturated rings. The fourth-order valence-corrected chi connectivity index (χ4v) is 2.78. The summed E-state index contributed by atoms with van der Waals surface area (Å²) in [5.41, 5.74) is 3.09. The number of halogens is 1. The van der Waals surface area contributed by atoms with Gasteiger partial charge in [0, 0.05) is 26.2 Å². The normalized spacial score (nSPS) is 16.9. The Morgan fingerprint density at radius 3 is 2.94 bits per heavy atom. The molecule has 1 aromatic rings. The number of benzene rings is 1. The molecule has 2 heterocycles. The number of nitrogens with zero attached hydrogens (tertiary/aromatic N) is 3. The minimum atomic E-state index is -0.119. The second-order valence-electron chi connectivity index (χ2n) is 4.56. The van der Waals surface area contributed by atoms with Gasteiger partial charge in [-0.2, -0.15) is 4.99 Å². The molecule has 3 rings (SSSR count). The van der Waals surface area contributed by atoms with Gasteiger partial charge in [0.2, 0.25) is 5.96 Å². The number of carbonyl (C=O) groups excluding carboxylic acids is 1. The first-order valence-electron chi connectivity index (χ1n) is 5.69. The van der Waals surface area contributed by atoms with Gasteiger partial charge in [0.15, 0.2) is 0 Å². The van der Waals surface area contributed by atoms with Crippen LogP contribution in [-0.4, -0.2) is 32.5 Å². The summed E-state index contributed by atoms with van der Waals surface area (Å²) in [6, 6.07) is 3.81. The van der Waals surface area contributed by atoms with Gasteiger partial charge in [-0.3, -0.25) is 4.79 Å². The average Bonchev–Trinajstić information content (AvgIpc) is 2.68. The van der Waals surface area contributed by atoms with Gasteiger partial charge in [0.05, 0.1) is 16.4 Å². The molecule has 1 aromatic carbocycles. The molecule has 0 unspecified atom stereocenters. The van der Waals surface area contributed by atoms with Crippen LogP contribution in [0.4, 0.5) is 11.4 Å². The van der Waals surface area contributed by atoms with Crippen LogP contribution >= 0.6 is 11.6 Å². The molecule has 18 heavy (non-hydrogen) atoms. The first kappa shape index (κ1) is 11.3. The molecule has 1 N–H and O–H groups in total. The number of aliphatic imine (C=N–C) groups is 1. The number of hydrogen-bond acceptors (Lipinski definition) is 4. The Bertz CT molecular complexity index is 567. The molecule has 0 saturated heterocycles. The van der Waals surface area contributed by atoms with Crippen molar-refractivity contribution in [3.63, 3.8) is 0 Å². The number of carbonyl (C=O) groups is 1. The largest absolute Gasteiger partial charge is 0.376 e. The van der Waals surface area contributed by atoms with Gasteiger partial charge in [-0.1, -0.05) is 11.6 Å². The zero-order valence-electron chi connectivity index (χ0n) is 10.2. The second kappa shape index (κ2) is 3.88. The van der Waals surface area contributed by atoms with Crippen molar-refractivity contribution < 1.29 is 4.79 Å². The lowest BCUT2D eigenvalue weighted by molar-refractivity contribution is -0.115. The Kier molecular flexibility index (Phi) is 2.45. The Balaban J connectivity index is 2.15. The van der Waals surface area contributed by atoms with Gasteiger partial charge in [0.25, 0.3) is 5.91 Å². The van der Waals surface area contributed by atoms with Crippen molar-refractivity contribution in [2.75, 3.05) is 30.4 Å².